The second kappa shape index (κ2) is 6.16. The lowest BCUT2D eigenvalue weighted by atomic mass is 10.1. The summed E-state index contributed by atoms with van der Waals surface area (Å²) in [5.41, 5.74) is 1.85. The van der Waals surface area contributed by atoms with Gasteiger partial charge in [-0.2, -0.15) is 5.10 Å². The second-order valence-electron chi connectivity index (χ2n) is 6.32. The highest BCUT2D eigenvalue weighted by molar-refractivity contribution is 5.94. The zero-order valence-corrected chi connectivity index (χ0v) is 13.1. The highest BCUT2D eigenvalue weighted by atomic mass is 16.5. The van der Waals surface area contributed by atoms with Gasteiger partial charge in [0.25, 0.3) is 5.91 Å². The normalized spacial score (nSPS) is 23.7. The molecule has 1 aliphatic carbocycles. The molecule has 0 unspecified atom stereocenters. The Balaban J connectivity index is 1.48. The number of rotatable bonds is 3. The van der Waals surface area contributed by atoms with Gasteiger partial charge in [0.1, 0.15) is 0 Å². The topological polar surface area (TPSA) is 47.4 Å². The van der Waals surface area contributed by atoms with Crippen LogP contribution >= 0.6 is 0 Å². The summed E-state index contributed by atoms with van der Waals surface area (Å²) in [6, 6.07) is 10.4. The Labute approximate surface area is 135 Å². The molecule has 5 nitrogen and oxygen atoms in total. The number of hydrogen-bond donors (Lipinski definition) is 0. The van der Waals surface area contributed by atoms with Gasteiger partial charge in [0.15, 0.2) is 0 Å². The molecule has 1 saturated carbocycles. The first-order valence-corrected chi connectivity index (χ1v) is 8.30. The molecule has 1 aromatic carbocycles. The number of nitrogens with zero attached hydrogens (tertiary/aromatic N) is 3. The van der Waals surface area contributed by atoms with Gasteiger partial charge in [0.2, 0.25) is 0 Å². The van der Waals surface area contributed by atoms with Gasteiger partial charge in [-0.1, -0.05) is 30.3 Å². The molecular weight excluding hydrogens is 290 g/mol. The minimum absolute atomic E-state index is 0.0875. The van der Waals surface area contributed by atoms with E-state index in [1.54, 1.807) is 6.20 Å². The van der Waals surface area contributed by atoms with E-state index in [1.165, 1.54) is 5.56 Å². The zero-order valence-electron chi connectivity index (χ0n) is 13.1. The monoisotopic (exact) mass is 311 g/mol. The van der Waals surface area contributed by atoms with Crippen LogP contribution in [0.15, 0.2) is 42.7 Å². The quantitative estimate of drug-likeness (QED) is 0.874. The number of benzene rings is 1. The first-order chi connectivity index (χ1) is 11.3. The Morgan fingerprint density at radius 3 is 3.00 bits per heavy atom. The third-order valence-corrected chi connectivity index (χ3v) is 4.81. The van der Waals surface area contributed by atoms with Crippen LogP contribution in [-0.4, -0.2) is 45.9 Å². The number of morpholine rings is 1. The van der Waals surface area contributed by atoms with E-state index in [0.29, 0.717) is 25.3 Å². The fourth-order valence-corrected chi connectivity index (χ4v) is 3.67. The summed E-state index contributed by atoms with van der Waals surface area (Å²) in [4.78, 5) is 14.8. The van der Waals surface area contributed by atoms with E-state index in [0.717, 1.165) is 19.3 Å². The van der Waals surface area contributed by atoms with Crippen LogP contribution in [0.2, 0.25) is 0 Å². The van der Waals surface area contributed by atoms with Crippen LogP contribution in [0.1, 0.15) is 35.2 Å². The molecule has 0 spiro atoms. The lowest BCUT2D eigenvalue weighted by Gasteiger charge is -2.37. The molecule has 2 aromatic rings. The lowest BCUT2D eigenvalue weighted by molar-refractivity contribution is -0.0445. The highest BCUT2D eigenvalue weighted by Gasteiger charge is 2.38. The van der Waals surface area contributed by atoms with Gasteiger partial charge in [0, 0.05) is 12.7 Å². The molecule has 2 atom stereocenters. The summed E-state index contributed by atoms with van der Waals surface area (Å²) in [7, 11) is 0. The van der Waals surface area contributed by atoms with Crippen molar-refractivity contribution in [3.8, 4) is 0 Å². The Kier molecular flexibility index (Phi) is 3.87. The summed E-state index contributed by atoms with van der Waals surface area (Å²) >= 11 is 0. The van der Waals surface area contributed by atoms with Crippen molar-refractivity contribution in [3.63, 3.8) is 0 Å². The minimum atomic E-state index is 0.0875. The van der Waals surface area contributed by atoms with Crippen LogP contribution in [0.4, 0.5) is 0 Å². The molecule has 23 heavy (non-hydrogen) atoms. The molecular formula is C18H21N3O2. The SMILES string of the molecule is O=C(c1cnn(Cc2ccccc2)c1)N1CCO[C@H]2CCC[C@H]21. The first-order valence-electron chi connectivity index (χ1n) is 8.30. The van der Waals surface area contributed by atoms with Crippen molar-refractivity contribution < 1.29 is 9.53 Å². The number of carbonyl (C=O) groups is 1. The fourth-order valence-electron chi connectivity index (χ4n) is 3.67. The van der Waals surface area contributed by atoms with Crippen molar-refractivity contribution in [1.82, 2.24) is 14.7 Å². The molecule has 2 heterocycles. The Bertz CT molecular complexity index is 683. The lowest BCUT2D eigenvalue weighted by Crippen LogP contribution is -2.51. The van der Waals surface area contributed by atoms with E-state index in [4.69, 9.17) is 4.74 Å². The number of amides is 1. The van der Waals surface area contributed by atoms with E-state index < -0.39 is 0 Å². The summed E-state index contributed by atoms with van der Waals surface area (Å²) < 4.78 is 7.62. The van der Waals surface area contributed by atoms with E-state index in [2.05, 4.69) is 17.2 Å². The van der Waals surface area contributed by atoms with Gasteiger partial charge in [0.05, 0.1) is 37.1 Å². The van der Waals surface area contributed by atoms with Crippen LogP contribution in [-0.2, 0) is 11.3 Å². The fraction of sp³-hybridized carbons (Fsp3) is 0.444. The van der Waals surface area contributed by atoms with Crippen LogP contribution in [0.3, 0.4) is 0 Å². The van der Waals surface area contributed by atoms with Gasteiger partial charge in [-0.05, 0) is 24.8 Å². The summed E-state index contributed by atoms with van der Waals surface area (Å²) in [6.07, 6.45) is 7.04. The summed E-state index contributed by atoms with van der Waals surface area (Å²) in [6.45, 7) is 2.01. The third-order valence-electron chi connectivity index (χ3n) is 4.81. The van der Waals surface area contributed by atoms with Crippen molar-refractivity contribution in [1.29, 1.82) is 0 Å². The van der Waals surface area contributed by atoms with Crippen LogP contribution in [0.5, 0.6) is 0 Å². The molecule has 1 aromatic heterocycles. The number of fused-ring (bicyclic) bond motifs is 1. The predicted octanol–water partition coefficient (Wildman–Crippen LogP) is 2.32. The number of hydrogen-bond acceptors (Lipinski definition) is 3. The summed E-state index contributed by atoms with van der Waals surface area (Å²) in [5, 5.41) is 4.35. The zero-order chi connectivity index (χ0) is 15.6. The number of ether oxygens (including phenoxy) is 1. The molecule has 120 valence electrons. The van der Waals surface area contributed by atoms with Gasteiger partial charge in [-0.25, -0.2) is 0 Å². The van der Waals surface area contributed by atoms with Gasteiger partial charge >= 0.3 is 0 Å². The molecule has 1 aliphatic heterocycles. The van der Waals surface area contributed by atoms with Crippen molar-refractivity contribution in [3.05, 3.63) is 53.9 Å². The predicted molar refractivity (Wildman–Crippen MR) is 86.2 cm³/mol. The van der Waals surface area contributed by atoms with Gasteiger partial charge in [-0.3, -0.25) is 9.48 Å². The summed E-state index contributed by atoms with van der Waals surface area (Å²) in [5.74, 6) is 0.0875. The van der Waals surface area contributed by atoms with Crippen molar-refractivity contribution >= 4 is 5.91 Å². The largest absolute Gasteiger partial charge is 0.374 e. The maximum atomic E-state index is 12.8. The van der Waals surface area contributed by atoms with Crippen molar-refractivity contribution in [2.75, 3.05) is 13.2 Å². The molecule has 0 radical (unpaired) electrons. The Morgan fingerprint density at radius 2 is 2.13 bits per heavy atom. The smallest absolute Gasteiger partial charge is 0.257 e. The Morgan fingerprint density at radius 1 is 1.26 bits per heavy atom. The average molecular weight is 311 g/mol. The maximum absolute atomic E-state index is 12.8. The Hall–Kier alpha value is -2.14. The maximum Gasteiger partial charge on any atom is 0.257 e. The average Bonchev–Trinajstić information content (AvgIpc) is 3.24. The molecule has 5 heteroatoms. The van der Waals surface area contributed by atoms with E-state index in [9.17, 15) is 4.79 Å². The molecule has 1 saturated heterocycles. The minimum Gasteiger partial charge on any atom is -0.374 e. The van der Waals surface area contributed by atoms with Crippen LogP contribution < -0.4 is 0 Å². The molecule has 2 fully saturated rings. The number of aromatic nitrogens is 2. The van der Waals surface area contributed by atoms with Gasteiger partial charge < -0.3 is 9.64 Å². The molecule has 0 N–H and O–H groups in total. The third kappa shape index (κ3) is 2.88. The van der Waals surface area contributed by atoms with E-state index >= 15 is 0 Å². The molecule has 0 bridgehead atoms. The molecule has 4 rings (SSSR count). The van der Waals surface area contributed by atoms with Crippen LogP contribution in [0, 0.1) is 0 Å². The second-order valence-corrected chi connectivity index (χ2v) is 6.32. The van der Waals surface area contributed by atoms with Crippen molar-refractivity contribution in [2.45, 2.75) is 38.0 Å². The first kappa shape index (κ1) is 14.5. The standard InChI is InChI=1S/C18H21N3O2/c22-18(21-9-10-23-17-8-4-7-16(17)21)15-11-19-20(13-15)12-14-5-2-1-3-6-14/h1-3,5-6,11,13,16-17H,4,7-10,12H2/t16-,17+/m1/s1. The number of carbonyl (C=O) groups excluding carboxylic acids is 1. The highest BCUT2D eigenvalue weighted by Crippen LogP contribution is 2.30. The van der Waals surface area contributed by atoms with E-state index in [-0.39, 0.29) is 18.1 Å². The van der Waals surface area contributed by atoms with Crippen LogP contribution in [0.25, 0.3) is 0 Å². The molecule has 2 aliphatic rings. The van der Waals surface area contributed by atoms with Crippen molar-refractivity contribution in [2.24, 2.45) is 0 Å². The van der Waals surface area contributed by atoms with E-state index in [1.807, 2.05) is 34.0 Å². The molecule has 1 amide bonds. The van der Waals surface area contributed by atoms with Gasteiger partial charge in [-0.15, -0.1) is 0 Å².